The first-order chi connectivity index (χ1) is 9.33. The van der Waals surface area contributed by atoms with E-state index in [0.717, 1.165) is 18.7 Å². The Kier molecular flexibility index (Phi) is 4.59. The molecule has 1 aliphatic rings. The predicted molar refractivity (Wildman–Crippen MR) is 77.3 cm³/mol. The van der Waals surface area contributed by atoms with Crippen LogP contribution in [0.5, 0.6) is 0 Å². The quantitative estimate of drug-likeness (QED) is 0.590. The fourth-order valence-electron chi connectivity index (χ4n) is 2.36. The lowest BCUT2D eigenvalue weighted by molar-refractivity contribution is 0.726. The molecule has 0 spiro atoms. The van der Waals surface area contributed by atoms with E-state index in [-0.39, 0.29) is 5.70 Å². The van der Waals surface area contributed by atoms with Crippen LogP contribution in [0.3, 0.4) is 0 Å². The van der Waals surface area contributed by atoms with Crippen LogP contribution >= 0.6 is 0 Å². The van der Waals surface area contributed by atoms with Crippen LogP contribution in [0, 0.1) is 17.9 Å². The third-order valence-corrected chi connectivity index (χ3v) is 3.40. The summed E-state index contributed by atoms with van der Waals surface area (Å²) in [7, 11) is 0. The minimum absolute atomic E-state index is 0.127. The Morgan fingerprint density at radius 1 is 1.16 bits per heavy atom. The Balaban J connectivity index is 2.12. The van der Waals surface area contributed by atoms with Gasteiger partial charge in [-0.25, -0.2) is 10.1 Å². The fourth-order valence-corrected chi connectivity index (χ4v) is 2.36. The Morgan fingerprint density at radius 2 is 1.79 bits per heavy atom. The molecule has 2 rings (SSSR count). The van der Waals surface area contributed by atoms with E-state index in [9.17, 15) is 0 Å². The van der Waals surface area contributed by atoms with Crippen molar-refractivity contribution in [3.05, 3.63) is 46.9 Å². The highest BCUT2D eigenvalue weighted by molar-refractivity contribution is 5.61. The summed E-state index contributed by atoms with van der Waals surface area (Å²) in [4.78, 5) is 5.58. The number of benzene rings is 1. The van der Waals surface area contributed by atoms with Crippen LogP contribution in [0.25, 0.3) is 10.9 Å². The predicted octanol–water partition coefficient (Wildman–Crippen LogP) is 3.85. The van der Waals surface area contributed by atoms with Gasteiger partial charge in [-0.2, -0.15) is 0 Å². The number of nitriles is 1. The van der Waals surface area contributed by atoms with Crippen molar-refractivity contribution in [3.8, 4) is 6.07 Å². The Hall–Kier alpha value is -2.26. The van der Waals surface area contributed by atoms with E-state index in [1.54, 1.807) is 6.08 Å². The Labute approximate surface area is 114 Å². The molecule has 0 radical (unpaired) electrons. The molecule has 0 amide bonds. The zero-order chi connectivity index (χ0) is 13.5. The van der Waals surface area contributed by atoms with Gasteiger partial charge in [-0.15, -0.1) is 0 Å². The average Bonchev–Trinajstić information content (AvgIpc) is 2.74. The fraction of sp³-hybridized carbons (Fsp3) is 0.375. The van der Waals surface area contributed by atoms with Gasteiger partial charge in [-0.1, -0.05) is 25.0 Å². The third-order valence-electron chi connectivity index (χ3n) is 3.40. The maximum absolute atomic E-state index is 8.74. The second kappa shape index (κ2) is 6.61. The van der Waals surface area contributed by atoms with E-state index in [2.05, 4.69) is 21.9 Å². The molecule has 1 fully saturated rings. The summed E-state index contributed by atoms with van der Waals surface area (Å²) in [6, 6.07) is 9.99. The van der Waals surface area contributed by atoms with Crippen LogP contribution in [0.4, 0.5) is 5.69 Å². The van der Waals surface area contributed by atoms with Crippen LogP contribution in [0.1, 0.15) is 31.2 Å². The largest absolute Gasteiger partial charge is 0.372 e. The van der Waals surface area contributed by atoms with Crippen molar-refractivity contribution in [1.29, 1.82) is 5.26 Å². The number of hydrogen-bond donors (Lipinski definition) is 0. The van der Waals surface area contributed by atoms with Crippen molar-refractivity contribution in [2.75, 3.05) is 18.0 Å². The standard InChI is InChI=1S/C16H17N3/c1-18-15(13-17)12-14-6-8-16(9-7-14)19-10-4-2-3-5-11-19/h6-9,12H,2-5,10-11H2. The molecular formula is C16H17N3. The molecule has 0 bridgehead atoms. The van der Waals surface area contributed by atoms with Gasteiger partial charge in [0.05, 0.1) is 12.6 Å². The number of anilines is 1. The Bertz CT molecular complexity index is 505. The van der Waals surface area contributed by atoms with Crippen LogP contribution in [0.2, 0.25) is 0 Å². The first-order valence-corrected chi connectivity index (χ1v) is 6.68. The molecule has 19 heavy (non-hydrogen) atoms. The highest BCUT2D eigenvalue weighted by atomic mass is 15.1. The molecule has 0 N–H and O–H groups in total. The summed E-state index contributed by atoms with van der Waals surface area (Å²) in [6.07, 6.45) is 6.80. The summed E-state index contributed by atoms with van der Waals surface area (Å²) >= 11 is 0. The smallest absolute Gasteiger partial charge is 0.262 e. The van der Waals surface area contributed by atoms with Crippen molar-refractivity contribution >= 4 is 11.8 Å². The lowest BCUT2D eigenvalue weighted by atomic mass is 10.1. The molecule has 96 valence electrons. The molecule has 0 aliphatic carbocycles. The van der Waals surface area contributed by atoms with Crippen LogP contribution in [0.15, 0.2) is 30.0 Å². The number of rotatable bonds is 2. The van der Waals surface area contributed by atoms with Gasteiger partial charge in [0.25, 0.3) is 5.70 Å². The van der Waals surface area contributed by atoms with Crippen LogP contribution in [-0.4, -0.2) is 13.1 Å². The van der Waals surface area contributed by atoms with Gasteiger partial charge in [-0.05, 0) is 36.6 Å². The molecule has 3 heteroatoms. The maximum atomic E-state index is 8.74. The first-order valence-electron chi connectivity index (χ1n) is 6.68. The summed E-state index contributed by atoms with van der Waals surface area (Å²) in [5, 5.41) is 8.74. The zero-order valence-electron chi connectivity index (χ0n) is 11.0. The summed E-state index contributed by atoms with van der Waals surface area (Å²) in [5.74, 6) is 0. The normalized spacial score (nSPS) is 16.3. The molecule has 1 aromatic rings. The van der Waals surface area contributed by atoms with Gasteiger partial charge in [0.2, 0.25) is 0 Å². The second-order valence-corrected chi connectivity index (χ2v) is 4.75. The average molecular weight is 251 g/mol. The lowest BCUT2D eigenvalue weighted by Crippen LogP contribution is -2.23. The van der Waals surface area contributed by atoms with Gasteiger partial charge in [-0.3, -0.25) is 0 Å². The molecule has 3 nitrogen and oxygen atoms in total. The highest BCUT2D eigenvalue weighted by Crippen LogP contribution is 2.20. The number of allylic oxidation sites excluding steroid dienone is 1. The second-order valence-electron chi connectivity index (χ2n) is 4.75. The van der Waals surface area contributed by atoms with Gasteiger partial charge >= 0.3 is 0 Å². The zero-order valence-corrected chi connectivity index (χ0v) is 11.0. The topological polar surface area (TPSA) is 31.4 Å². The van der Waals surface area contributed by atoms with Gasteiger partial charge in [0, 0.05) is 18.8 Å². The molecule has 0 atom stereocenters. The van der Waals surface area contributed by atoms with E-state index in [1.165, 1.54) is 31.4 Å². The highest BCUT2D eigenvalue weighted by Gasteiger charge is 2.09. The molecule has 0 saturated carbocycles. The molecule has 0 aromatic heterocycles. The minimum Gasteiger partial charge on any atom is -0.372 e. The van der Waals surface area contributed by atoms with Crippen molar-refractivity contribution in [1.82, 2.24) is 0 Å². The first kappa shape index (κ1) is 13.2. The van der Waals surface area contributed by atoms with E-state index >= 15 is 0 Å². The van der Waals surface area contributed by atoms with Gasteiger partial charge in [0.1, 0.15) is 0 Å². The Morgan fingerprint density at radius 3 is 2.32 bits per heavy atom. The monoisotopic (exact) mass is 251 g/mol. The number of nitrogens with zero attached hydrogens (tertiary/aromatic N) is 3. The molecule has 1 heterocycles. The maximum Gasteiger partial charge on any atom is 0.262 e. The molecule has 0 unspecified atom stereocenters. The van der Waals surface area contributed by atoms with Crippen molar-refractivity contribution in [2.45, 2.75) is 25.7 Å². The van der Waals surface area contributed by atoms with E-state index in [0.29, 0.717) is 0 Å². The van der Waals surface area contributed by atoms with Gasteiger partial charge < -0.3 is 4.90 Å². The SMILES string of the molecule is [C-]#[N+]C(C#N)=Cc1ccc(N2CCCCCC2)cc1. The third kappa shape index (κ3) is 3.60. The molecule has 1 aromatic carbocycles. The van der Waals surface area contributed by atoms with Crippen molar-refractivity contribution < 1.29 is 0 Å². The van der Waals surface area contributed by atoms with E-state index in [4.69, 9.17) is 11.8 Å². The molecule has 1 aliphatic heterocycles. The summed E-state index contributed by atoms with van der Waals surface area (Å²) in [6.45, 7) is 9.11. The van der Waals surface area contributed by atoms with E-state index in [1.807, 2.05) is 18.2 Å². The lowest BCUT2D eigenvalue weighted by Gasteiger charge is -2.22. The van der Waals surface area contributed by atoms with Crippen LogP contribution < -0.4 is 4.90 Å². The number of hydrogen-bond acceptors (Lipinski definition) is 2. The molecular weight excluding hydrogens is 234 g/mol. The minimum atomic E-state index is 0.127. The molecule has 1 saturated heterocycles. The summed E-state index contributed by atoms with van der Waals surface area (Å²) in [5.41, 5.74) is 2.27. The van der Waals surface area contributed by atoms with Crippen LogP contribution in [-0.2, 0) is 0 Å². The van der Waals surface area contributed by atoms with Crippen molar-refractivity contribution in [2.24, 2.45) is 0 Å². The summed E-state index contributed by atoms with van der Waals surface area (Å²) < 4.78 is 0. The van der Waals surface area contributed by atoms with E-state index < -0.39 is 0 Å². The van der Waals surface area contributed by atoms with Crippen molar-refractivity contribution in [3.63, 3.8) is 0 Å². The van der Waals surface area contributed by atoms with Gasteiger partial charge in [0.15, 0.2) is 0 Å².